The van der Waals surface area contributed by atoms with Crippen LogP contribution < -0.4 is 4.72 Å². The molecule has 2 N–H and O–H groups in total. The van der Waals surface area contributed by atoms with Gasteiger partial charge in [0.15, 0.2) is 6.29 Å². The average molecular weight is 556 g/mol. The zero-order valence-electron chi connectivity index (χ0n) is 21.6. The zero-order chi connectivity index (χ0) is 27.5. The number of rotatable bonds is 8. The van der Waals surface area contributed by atoms with E-state index in [4.69, 9.17) is 9.47 Å². The molecule has 9 heteroatoms. The maximum absolute atomic E-state index is 12.7. The Balaban J connectivity index is 1.24. The first kappa shape index (κ1) is 26.2. The third kappa shape index (κ3) is 5.64. The molecule has 40 heavy (non-hydrogen) atoms. The number of sulfonamides is 1. The number of aliphatic hydroxyl groups is 1. The highest BCUT2D eigenvalue weighted by molar-refractivity contribution is 7.92. The molecule has 1 fully saturated rings. The van der Waals surface area contributed by atoms with Crippen molar-refractivity contribution in [2.45, 2.75) is 43.0 Å². The molecule has 1 aliphatic rings. The van der Waals surface area contributed by atoms with Crippen molar-refractivity contribution in [1.82, 2.24) is 9.55 Å². The Hall–Kier alpha value is -4.02. The quantitative estimate of drug-likeness (QED) is 0.259. The highest BCUT2D eigenvalue weighted by Crippen LogP contribution is 2.39. The Morgan fingerprint density at radius 3 is 2.30 bits per heavy atom. The van der Waals surface area contributed by atoms with Crippen LogP contribution in [0.2, 0.25) is 0 Å². The Bertz CT molecular complexity index is 1690. The lowest BCUT2D eigenvalue weighted by atomic mass is 10.00. The number of para-hydroxylation sites is 2. The topological polar surface area (TPSA) is 103 Å². The molecule has 3 atom stereocenters. The number of hydrogen-bond donors (Lipinski definition) is 2. The molecule has 204 valence electrons. The van der Waals surface area contributed by atoms with Gasteiger partial charge in [0.05, 0.1) is 47.6 Å². The molecule has 0 amide bonds. The van der Waals surface area contributed by atoms with Gasteiger partial charge in [-0.05, 0) is 47.5 Å². The fourth-order valence-electron chi connectivity index (χ4n) is 4.93. The van der Waals surface area contributed by atoms with Crippen LogP contribution in [0.25, 0.3) is 11.0 Å². The van der Waals surface area contributed by atoms with E-state index in [1.165, 1.54) is 0 Å². The number of fused-ring (bicyclic) bond motifs is 1. The second kappa shape index (κ2) is 11.2. The fraction of sp³-hybridized carbons (Fsp3) is 0.194. The molecule has 4 aromatic carbocycles. The normalized spacial score (nSPS) is 19.5. The van der Waals surface area contributed by atoms with Crippen LogP contribution in [-0.4, -0.2) is 29.2 Å². The summed E-state index contributed by atoms with van der Waals surface area (Å²) in [4.78, 5) is 4.71. The standard InChI is InChI=1S/C31H29N3O5S/c35-20-22-10-12-23(13-11-22)30-18-26(19-34-21-32-28-8-4-5-9-29(28)34)38-31(39-30)24-14-16-25(17-15-24)33-40(36,37)27-6-2-1-3-7-27/h1-17,21,26,30-31,33,35H,18-20H2/t26-,30+,31+/m1/s1. The predicted octanol–water partition coefficient (Wildman–Crippen LogP) is 5.58. The number of benzene rings is 4. The number of aromatic nitrogens is 2. The van der Waals surface area contributed by atoms with Crippen molar-refractivity contribution in [3.63, 3.8) is 0 Å². The monoisotopic (exact) mass is 555 g/mol. The molecule has 0 saturated carbocycles. The minimum absolute atomic E-state index is 0.0196. The van der Waals surface area contributed by atoms with Gasteiger partial charge in [-0.3, -0.25) is 4.72 Å². The fourth-order valence-corrected chi connectivity index (χ4v) is 6.01. The Morgan fingerprint density at radius 2 is 1.55 bits per heavy atom. The summed E-state index contributed by atoms with van der Waals surface area (Å²) in [5, 5.41) is 9.46. The van der Waals surface area contributed by atoms with E-state index in [1.807, 2.05) is 67.0 Å². The Labute approximate surface area is 232 Å². The number of hydrogen-bond acceptors (Lipinski definition) is 6. The van der Waals surface area contributed by atoms with Gasteiger partial charge in [0, 0.05) is 17.7 Å². The van der Waals surface area contributed by atoms with Crippen LogP contribution >= 0.6 is 0 Å². The van der Waals surface area contributed by atoms with Gasteiger partial charge >= 0.3 is 0 Å². The van der Waals surface area contributed by atoms with Crippen LogP contribution in [0.3, 0.4) is 0 Å². The summed E-state index contributed by atoms with van der Waals surface area (Å²) in [6, 6.07) is 31.0. The van der Waals surface area contributed by atoms with Crippen molar-refractivity contribution in [2.75, 3.05) is 4.72 Å². The van der Waals surface area contributed by atoms with Crippen molar-refractivity contribution in [3.05, 3.63) is 126 Å². The number of aliphatic hydroxyl groups excluding tert-OH is 1. The van der Waals surface area contributed by atoms with Gasteiger partial charge in [-0.15, -0.1) is 0 Å². The number of anilines is 1. The smallest absolute Gasteiger partial charge is 0.261 e. The molecule has 8 nitrogen and oxygen atoms in total. The Morgan fingerprint density at radius 1 is 0.850 bits per heavy atom. The molecule has 0 aliphatic carbocycles. The lowest BCUT2D eigenvalue weighted by molar-refractivity contribution is -0.252. The second-order valence-electron chi connectivity index (χ2n) is 9.78. The lowest BCUT2D eigenvalue weighted by Gasteiger charge is -2.36. The Kier molecular flexibility index (Phi) is 7.36. The average Bonchev–Trinajstić information content (AvgIpc) is 3.40. The first-order chi connectivity index (χ1) is 19.5. The van der Waals surface area contributed by atoms with E-state index in [0.717, 1.165) is 27.7 Å². The van der Waals surface area contributed by atoms with Gasteiger partial charge in [0.2, 0.25) is 0 Å². The molecule has 2 heterocycles. The number of ether oxygens (including phenoxy) is 2. The molecular weight excluding hydrogens is 526 g/mol. The summed E-state index contributed by atoms with van der Waals surface area (Å²) < 4.78 is 43.1. The van der Waals surface area contributed by atoms with Gasteiger partial charge in [-0.2, -0.15) is 0 Å². The summed E-state index contributed by atoms with van der Waals surface area (Å²) in [7, 11) is -3.70. The van der Waals surface area contributed by atoms with Crippen molar-refractivity contribution in [3.8, 4) is 0 Å². The van der Waals surface area contributed by atoms with Gasteiger partial charge in [0.1, 0.15) is 0 Å². The highest BCUT2D eigenvalue weighted by atomic mass is 32.2. The summed E-state index contributed by atoms with van der Waals surface area (Å²) in [6.45, 7) is 0.578. The molecule has 1 aliphatic heterocycles. The first-order valence-electron chi connectivity index (χ1n) is 13.1. The minimum Gasteiger partial charge on any atom is -0.392 e. The number of imidazole rings is 1. The molecule has 0 radical (unpaired) electrons. The SMILES string of the molecule is O=S(=O)(Nc1ccc([C@H]2O[C@@H](Cn3cnc4ccccc43)C[C@@H](c3ccc(CO)cc3)O2)cc1)c1ccccc1. The van der Waals surface area contributed by atoms with Gasteiger partial charge in [0.25, 0.3) is 10.0 Å². The van der Waals surface area contributed by atoms with E-state index < -0.39 is 16.3 Å². The van der Waals surface area contributed by atoms with E-state index in [9.17, 15) is 13.5 Å². The summed E-state index contributed by atoms with van der Waals surface area (Å²) >= 11 is 0. The van der Waals surface area contributed by atoms with Crippen LogP contribution in [0.5, 0.6) is 0 Å². The van der Waals surface area contributed by atoms with Crippen molar-refractivity contribution in [1.29, 1.82) is 0 Å². The maximum Gasteiger partial charge on any atom is 0.261 e. The number of nitrogens with zero attached hydrogens (tertiary/aromatic N) is 2. The third-order valence-electron chi connectivity index (χ3n) is 7.03. The maximum atomic E-state index is 12.7. The highest BCUT2D eigenvalue weighted by Gasteiger charge is 2.32. The van der Waals surface area contributed by atoms with Crippen LogP contribution in [0.15, 0.2) is 114 Å². The summed E-state index contributed by atoms with van der Waals surface area (Å²) in [5.41, 5.74) is 5.02. The third-order valence-corrected chi connectivity index (χ3v) is 8.43. The molecule has 0 spiro atoms. The van der Waals surface area contributed by atoms with Gasteiger partial charge < -0.3 is 19.1 Å². The van der Waals surface area contributed by atoms with Crippen LogP contribution in [0.1, 0.15) is 35.5 Å². The lowest BCUT2D eigenvalue weighted by Crippen LogP contribution is -2.32. The molecule has 1 saturated heterocycles. The molecule has 0 unspecified atom stereocenters. The molecule has 1 aromatic heterocycles. The second-order valence-corrected chi connectivity index (χ2v) is 11.5. The molecule has 6 rings (SSSR count). The van der Waals surface area contributed by atoms with Crippen molar-refractivity contribution >= 4 is 26.7 Å². The number of nitrogens with one attached hydrogen (secondary N) is 1. The first-order valence-corrected chi connectivity index (χ1v) is 14.6. The zero-order valence-corrected chi connectivity index (χ0v) is 22.4. The molecule has 5 aromatic rings. The summed E-state index contributed by atoms with van der Waals surface area (Å²) in [5.74, 6) is 0. The van der Waals surface area contributed by atoms with Crippen molar-refractivity contribution < 1.29 is 23.0 Å². The van der Waals surface area contributed by atoms with E-state index in [1.54, 1.807) is 42.5 Å². The minimum atomic E-state index is -3.70. The van der Waals surface area contributed by atoms with E-state index in [-0.39, 0.29) is 23.7 Å². The van der Waals surface area contributed by atoms with Crippen LogP contribution in [0, 0.1) is 0 Å². The predicted molar refractivity (Wildman–Crippen MR) is 152 cm³/mol. The summed E-state index contributed by atoms with van der Waals surface area (Å²) in [6.07, 6.45) is 1.40. The van der Waals surface area contributed by atoms with Gasteiger partial charge in [-0.1, -0.05) is 66.7 Å². The van der Waals surface area contributed by atoms with E-state index in [0.29, 0.717) is 18.7 Å². The largest absolute Gasteiger partial charge is 0.392 e. The van der Waals surface area contributed by atoms with Crippen molar-refractivity contribution in [2.24, 2.45) is 0 Å². The van der Waals surface area contributed by atoms with Crippen LogP contribution in [0.4, 0.5) is 5.69 Å². The molecular formula is C31H29N3O5S. The molecule has 0 bridgehead atoms. The van der Waals surface area contributed by atoms with Crippen LogP contribution in [-0.2, 0) is 32.6 Å². The van der Waals surface area contributed by atoms with Gasteiger partial charge in [-0.25, -0.2) is 13.4 Å². The van der Waals surface area contributed by atoms with E-state index >= 15 is 0 Å². The van der Waals surface area contributed by atoms with E-state index in [2.05, 4.69) is 14.3 Å².